The number of halogens is 2. The average Bonchev–Trinajstić information content (AvgIpc) is 2.89. The zero-order valence-corrected chi connectivity index (χ0v) is 21.4. The van der Waals surface area contributed by atoms with Gasteiger partial charge >= 0.3 is 5.97 Å². The topological polar surface area (TPSA) is 83.4 Å². The zero-order valence-electron chi connectivity index (χ0n) is 20.6. The molecule has 8 heteroatoms. The summed E-state index contributed by atoms with van der Waals surface area (Å²) in [4.78, 5) is 35.5. The highest BCUT2D eigenvalue weighted by atomic mass is 35.5. The lowest BCUT2D eigenvalue weighted by Gasteiger charge is -2.25. The Bertz CT molecular complexity index is 1440. The van der Waals surface area contributed by atoms with E-state index in [1.165, 1.54) is 12.1 Å². The van der Waals surface area contributed by atoms with Gasteiger partial charge in [-0.1, -0.05) is 35.9 Å². The number of unbranched alkanes of at least 4 members (excludes halogenated alkanes) is 1. The Morgan fingerprint density at radius 1 is 1.00 bits per heavy atom. The molecule has 1 N–H and O–H groups in total. The van der Waals surface area contributed by atoms with Crippen LogP contribution in [0.2, 0.25) is 5.02 Å². The molecule has 4 aromatic rings. The molecule has 37 heavy (non-hydrogen) atoms. The van der Waals surface area contributed by atoms with Crippen molar-refractivity contribution in [1.82, 2.24) is 14.9 Å². The molecule has 190 valence electrons. The van der Waals surface area contributed by atoms with Gasteiger partial charge in [-0.2, -0.15) is 0 Å². The predicted molar refractivity (Wildman–Crippen MR) is 142 cm³/mol. The Morgan fingerprint density at radius 2 is 1.76 bits per heavy atom. The fourth-order valence-corrected chi connectivity index (χ4v) is 4.30. The van der Waals surface area contributed by atoms with Gasteiger partial charge in [0.15, 0.2) is 0 Å². The maximum absolute atomic E-state index is 13.7. The summed E-state index contributed by atoms with van der Waals surface area (Å²) < 4.78 is 13.7. The summed E-state index contributed by atoms with van der Waals surface area (Å²) >= 11 is 6.06. The van der Waals surface area contributed by atoms with Gasteiger partial charge in [0.1, 0.15) is 5.82 Å². The van der Waals surface area contributed by atoms with Crippen LogP contribution in [0.25, 0.3) is 22.3 Å². The van der Waals surface area contributed by atoms with Gasteiger partial charge in [0.05, 0.1) is 28.5 Å². The minimum Gasteiger partial charge on any atom is -0.481 e. The van der Waals surface area contributed by atoms with Crippen molar-refractivity contribution < 1.29 is 19.1 Å². The van der Waals surface area contributed by atoms with Gasteiger partial charge in [0.25, 0.3) is 5.91 Å². The van der Waals surface area contributed by atoms with E-state index in [0.29, 0.717) is 52.1 Å². The molecular formula is C29H27ClFN3O3. The highest BCUT2D eigenvalue weighted by Crippen LogP contribution is 2.28. The van der Waals surface area contributed by atoms with E-state index in [0.717, 1.165) is 11.3 Å². The molecule has 0 aliphatic rings. The van der Waals surface area contributed by atoms with Gasteiger partial charge in [-0.3, -0.25) is 9.59 Å². The molecule has 6 nitrogen and oxygen atoms in total. The largest absolute Gasteiger partial charge is 0.481 e. The molecule has 0 bridgehead atoms. The van der Waals surface area contributed by atoms with Gasteiger partial charge in [-0.15, -0.1) is 0 Å². The standard InChI is InChI=1S/C29H27ClFN3O3/c1-18(20-6-5-7-23(31)16-20)34(2)29(37)21-12-15-24-26(17-21)32-25(8-3-4-9-27(35)36)28(33-24)19-10-13-22(30)14-11-19/h5-7,10-18H,3-4,8-9H2,1-2H3,(H,35,36)/t18-/m1/s1. The minimum absolute atomic E-state index is 0.0891. The van der Waals surface area contributed by atoms with E-state index in [1.807, 2.05) is 19.1 Å². The normalized spacial score (nSPS) is 11.9. The smallest absolute Gasteiger partial charge is 0.303 e. The SMILES string of the molecule is C[C@H](c1cccc(F)c1)N(C)C(=O)c1ccc2nc(-c3ccc(Cl)cc3)c(CCCCC(=O)O)nc2c1. The van der Waals surface area contributed by atoms with Gasteiger partial charge in [0.2, 0.25) is 0 Å². The zero-order chi connectivity index (χ0) is 26.5. The Kier molecular flexibility index (Phi) is 8.14. The van der Waals surface area contributed by atoms with E-state index in [9.17, 15) is 14.0 Å². The second-order valence-corrected chi connectivity index (χ2v) is 9.41. The van der Waals surface area contributed by atoms with Crippen molar-refractivity contribution >= 4 is 34.5 Å². The fraction of sp³-hybridized carbons (Fsp3) is 0.241. The number of aromatic nitrogens is 2. The molecular weight excluding hydrogens is 493 g/mol. The van der Waals surface area contributed by atoms with Gasteiger partial charge in [-0.25, -0.2) is 14.4 Å². The molecule has 0 radical (unpaired) electrons. The van der Waals surface area contributed by atoms with Crippen LogP contribution in [0.5, 0.6) is 0 Å². The summed E-state index contributed by atoms with van der Waals surface area (Å²) in [6.45, 7) is 1.85. The number of carboxylic acid groups (broad SMARTS) is 1. The summed E-state index contributed by atoms with van der Waals surface area (Å²) in [5.74, 6) is -1.40. The number of nitrogens with zero attached hydrogens (tertiary/aromatic N) is 3. The number of aryl methyl sites for hydroxylation is 1. The molecule has 0 fully saturated rings. The van der Waals surface area contributed by atoms with E-state index in [2.05, 4.69) is 0 Å². The Hall–Kier alpha value is -3.84. The van der Waals surface area contributed by atoms with Crippen molar-refractivity contribution in [2.75, 3.05) is 7.05 Å². The number of hydrogen-bond acceptors (Lipinski definition) is 4. The van der Waals surface area contributed by atoms with Crippen LogP contribution in [0.4, 0.5) is 4.39 Å². The van der Waals surface area contributed by atoms with Crippen molar-refractivity contribution in [2.45, 2.75) is 38.6 Å². The van der Waals surface area contributed by atoms with E-state index < -0.39 is 5.97 Å². The summed E-state index contributed by atoms with van der Waals surface area (Å²) in [6.07, 6.45) is 1.80. The summed E-state index contributed by atoms with van der Waals surface area (Å²) in [7, 11) is 1.69. The maximum atomic E-state index is 13.7. The Balaban J connectivity index is 1.66. The Morgan fingerprint density at radius 3 is 2.46 bits per heavy atom. The third kappa shape index (κ3) is 6.30. The van der Waals surface area contributed by atoms with Crippen molar-refractivity contribution in [3.8, 4) is 11.3 Å². The van der Waals surface area contributed by atoms with Crippen molar-refractivity contribution in [2.24, 2.45) is 0 Å². The molecule has 1 heterocycles. The van der Waals surface area contributed by atoms with Crippen LogP contribution >= 0.6 is 11.6 Å². The van der Waals surface area contributed by atoms with Gasteiger partial charge < -0.3 is 10.0 Å². The summed E-state index contributed by atoms with van der Waals surface area (Å²) in [6, 6.07) is 18.4. The number of amides is 1. The lowest BCUT2D eigenvalue weighted by Crippen LogP contribution is -2.29. The van der Waals surface area contributed by atoms with E-state index in [-0.39, 0.29) is 24.2 Å². The fourth-order valence-electron chi connectivity index (χ4n) is 4.18. The molecule has 1 aromatic heterocycles. The number of fused-ring (bicyclic) bond motifs is 1. The predicted octanol–water partition coefficient (Wildman–Crippen LogP) is 6.72. The van der Waals surface area contributed by atoms with Crippen LogP contribution in [0.1, 0.15) is 53.8 Å². The van der Waals surface area contributed by atoms with Crippen LogP contribution in [0.3, 0.4) is 0 Å². The first-order valence-corrected chi connectivity index (χ1v) is 12.4. The summed E-state index contributed by atoms with van der Waals surface area (Å²) in [5.41, 5.74) is 4.65. The first-order chi connectivity index (χ1) is 17.7. The molecule has 0 unspecified atom stereocenters. The van der Waals surface area contributed by atoms with E-state index in [1.54, 1.807) is 54.4 Å². The second-order valence-electron chi connectivity index (χ2n) is 8.98. The van der Waals surface area contributed by atoms with E-state index >= 15 is 0 Å². The molecule has 3 aromatic carbocycles. The molecule has 0 saturated heterocycles. The van der Waals surface area contributed by atoms with Crippen LogP contribution in [-0.2, 0) is 11.2 Å². The quantitative estimate of drug-likeness (QED) is 0.248. The second kappa shape index (κ2) is 11.5. The lowest BCUT2D eigenvalue weighted by atomic mass is 10.0. The first kappa shape index (κ1) is 26.2. The third-order valence-corrected chi connectivity index (χ3v) is 6.64. The number of carbonyl (C=O) groups excluding carboxylic acids is 1. The number of hydrogen-bond donors (Lipinski definition) is 1. The van der Waals surface area contributed by atoms with Gasteiger partial charge in [-0.05, 0) is 74.2 Å². The minimum atomic E-state index is -0.831. The Labute approximate surface area is 219 Å². The highest BCUT2D eigenvalue weighted by Gasteiger charge is 2.20. The average molecular weight is 520 g/mol. The number of rotatable bonds is 9. The summed E-state index contributed by atoms with van der Waals surface area (Å²) in [5, 5.41) is 9.58. The van der Waals surface area contributed by atoms with Crippen LogP contribution in [0.15, 0.2) is 66.7 Å². The third-order valence-electron chi connectivity index (χ3n) is 6.39. The number of benzene rings is 3. The molecule has 0 aliphatic heterocycles. The molecule has 1 amide bonds. The number of carbonyl (C=O) groups is 2. The van der Waals surface area contributed by atoms with Crippen LogP contribution in [-0.4, -0.2) is 38.9 Å². The van der Waals surface area contributed by atoms with Crippen molar-refractivity contribution in [3.05, 3.63) is 94.4 Å². The lowest BCUT2D eigenvalue weighted by molar-refractivity contribution is -0.137. The van der Waals surface area contributed by atoms with Crippen molar-refractivity contribution in [3.63, 3.8) is 0 Å². The molecule has 1 atom stereocenters. The van der Waals surface area contributed by atoms with E-state index in [4.69, 9.17) is 26.7 Å². The number of carboxylic acids is 1. The van der Waals surface area contributed by atoms with Gasteiger partial charge in [0, 0.05) is 29.6 Å². The van der Waals surface area contributed by atoms with Crippen LogP contribution < -0.4 is 0 Å². The highest BCUT2D eigenvalue weighted by molar-refractivity contribution is 6.30. The number of aliphatic carboxylic acids is 1. The monoisotopic (exact) mass is 519 g/mol. The molecule has 0 aliphatic carbocycles. The molecule has 4 rings (SSSR count). The maximum Gasteiger partial charge on any atom is 0.303 e. The van der Waals surface area contributed by atoms with Crippen LogP contribution in [0, 0.1) is 5.82 Å². The molecule has 0 spiro atoms. The molecule has 0 saturated carbocycles. The first-order valence-electron chi connectivity index (χ1n) is 12.0. The van der Waals surface area contributed by atoms with Crippen molar-refractivity contribution in [1.29, 1.82) is 0 Å².